The van der Waals surface area contributed by atoms with Gasteiger partial charge in [-0.1, -0.05) is 29.8 Å². The number of rotatable bonds is 7. The van der Waals surface area contributed by atoms with E-state index in [1.54, 1.807) is 18.2 Å². The SMILES string of the molecule is COC(=O)COc1cc(Oc2ccc(C(F)(F)F)cc2Cl)ccc1S(=O)(=O)c1ccccc1. The Morgan fingerprint density at radius 1 is 0.970 bits per heavy atom. The highest BCUT2D eigenvalue weighted by Crippen LogP contribution is 2.38. The van der Waals surface area contributed by atoms with Crippen LogP contribution in [0.2, 0.25) is 5.02 Å². The van der Waals surface area contributed by atoms with Gasteiger partial charge in [-0.05, 0) is 42.5 Å². The number of hydrogen-bond donors (Lipinski definition) is 0. The summed E-state index contributed by atoms with van der Waals surface area (Å²) in [5, 5.41) is -0.303. The zero-order chi connectivity index (χ0) is 24.2. The van der Waals surface area contributed by atoms with Crippen LogP contribution in [0.4, 0.5) is 13.2 Å². The van der Waals surface area contributed by atoms with E-state index in [4.69, 9.17) is 21.1 Å². The molecule has 6 nitrogen and oxygen atoms in total. The Kier molecular flexibility index (Phi) is 7.19. The number of halogens is 4. The molecule has 3 aromatic carbocycles. The summed E-state index contributed by atoms with van der Waals surface area (Å²) in [6, 6.07) is 13.7. The molecule has 0 amide bonds. The van der Waals surface area contributed by atoms with E-state index in [2.05, 4.69) is 4.74 Å². The molecule has 0 bridgehead atoms. The Labute approximate surface area is 192 Å². The fourth-order valence-corrected chi connectivity index (χ4v) is 4.31. The molecule has 0 atom stereocenters. The minimum atomic E-state index is -4.58. The molecular formula is C22H16ClF3O6S. The highest BCUT2D eigenvalue weighted by Gasteiger charge is 2.31. The maximum atomic E-state index is 13.1. The largest absolute Gasteiger partial charge is 0.480 e. The number of ether oxygens (including phenoxy) is 3. The van der Waals surface area contributed by atoms with Gasteiger partial charge in [0.2, 0.25) is 9.84 Å². The van der Waals surface area contributed by atoms with E-state index >= 15 is 0 Å². The number of esters is 1. The van der Waals surface area contributed by atoms with Gasteiger partial charge in [0, 0.05) is 6.07 Å². The summed E-state index contributed by atoms with van der Waals surface area (Å²) >= 11 is 5.92. The highest BCUT2D eigenvalue weighted by atomic mass is 35.5. The van der Waals surface area contributed by atoms with Crippen LogP contribution in [0.5, 0.6) is 17.2 Å². The first-order valence-corrected chi connectivity index (χ1v) is 11.1. The van der Waals surface area contributed by atoms with Crippen LogP contribution in [-0.2, 0) is 25.5 Å². The summed E-state index contributed by atoms with van der Waals surface area (Å²) in [6.07, 6.45) is -4.58. The van der Waals surface area contributed by atoms with Crippen molar-refractivity contribution >= 4 is 27.4 Å². The predicted molar refractivity (Wildman–Crippen MR) is 112 cm³/mol. The van der Waals surface area contributed by atoms with E-state index in [0.717, 1.165) is 19.2 Å². The van der Waals surface area contributed by atoms with Gasteiger partial charge in [0.1, 0.15) is 22.1 Å². The molecule has 11 heteroatoms. The Balaban J connectivity index is 1.99. The molecule has 0 radical (unpaired) electrons. The normalized spacial score (nSPS) is 11.7. The van der Waals surface area contributed by atoms with Gasteiger partial charge in [0.05, 0.1) is 22.6 Å². The maximum Gasteiger partial charge on any atom is 0.416 e. The molecule has 0 unspecified atom stereocenters. The first-order chi connectivity index (χ1) is 15.5. The van der Waals surface area contributed by atoms with Gasteiger partial charge < -0.3 is 14.2 Å². The highest BCUT2D eigenvalue weighted by molar-refractivity contribution is 7.91. The van der Waals surface area contributed by atoms with Crippen LogP contribution in [0.15, 0.2) is 76.5 Å². The standard InChI is InChI=1S/C22H16ClF3O6S/c1-30-21(27)13-31-19-12-15(32-18-9-7-14(11-17(18)23)22(24,25)26)8-10-20(19)33(28,29)16-5-3-2-4-6-16/h2-12H,13H2,1H3. The van der Waals surface area contributed by atoms with Gasteiger partial charge in [-0.3, -0.25) is 0 Å². The van der Waals surface area contributed by atoms with Crippen molar-refractivity contribution in [2.24, 2.45) is 0 Å². The molecule has 0 aliphatic heterocycles. The Bertz CT molecular complexity index is 1260. The smallest absolute Gasteiger partial charge is 0.416 e. The molecule has 0 saturated heterocycles. The number of carbonyl (C=O) groups excluding carboxylic acids is 1. The first-order valence-electron chi connectivity index (χ1n) is 9.21. The Morgan fingerprint density at radius 3 is 2.27 bits per heavy atom. The molecule has 0 aromatic heterocycles. The van der Waals surface area contributed by atoms with Crippen molar-refractivity contribution in [3.63, 3.8) is 0 Å². The van der Waals surface area contributed by atoms with Gasteiger partial charge >= 0.3 is 12.1 Å². The second-order valence-corrected chi connectivity index (χ2v) is 8.86. The molecule has 0 aliphatic rings. The van der Waals surface area contributed by atoms with Gasteiger partial charge in [-0.25, -0.2) is 13.2 Å². The minimum Gasteiger partial charge on any atom is -0.480 e. The lowest BCUT2D eigenvalue weighted by Crippen LogP contribution is -2.14. The predicted octanol–water partition coefficient (Wildman–Crippen LogP) is 5.54. The van der Waals surface area contributed by atoms with E-state index in [9.17, 15) is 26.4 Å². The van der Waals surface area contributed by atoms with Crippen LogP contribution in [0.1, 0.15) is 5.56 Å². The molecule has 0 saturated carbocycles. The van der Waals surface area contributed by atoms with Crippen LogP contribution in [0.25, 0.3) is 0 Å². The van der Waals surface area contributed by atoms with Crippen molar-refractivity contribution in [1.29, 1.82) is 0 Å². The van der Waals surface area contributed by atoms with Gasteiger partial charge in [-0.15, -0.1) is 0 Å². The van der Waals surface area contributed by atoms with E-state index in [0.29, 0.717) is 6.07 Å². The lowest BCUT2D eigenvalue weighted by Gasteiger charge is -2.15. The average molecular weight is 501 g/mol. The second kappa shape index (κ2) is 9.72. The maximum absolute atomic E-state index is 13.1. The number of benzene rings is 3. The Morgan fingerprint density at radius 2 is 1.67 bits per heavy atom. The number of methoxy groups -OCH3 is 1. The van der Waals surface area contributed by atoms with Crippen molar-refractivity contribution in [2.45, 2.75) is 16.0 Å². The quantitative estimate of drug-likeness (QED) is 0.397. The molecule has 0 aliphatic carbocycles. The van der Waals surface area contributed by atoms with Gasteiger partial charge in [-0.2, -0.15) is 13.2 Å². The third-order valence-corrected chi connectivity index (χ3v) is 6.42. The molecule has 0 spiro atoms. The van der Waals surface area contributed by atoms with Crippen LogP contribution < -0.4 is 9.47 Å². The topological polar surface area (TPSA) is 78.9 Å². The van der Waals surface area contributed by atoms with Crippen molar-refractivity contribution < 1.29 is 40.6 Å². The number of alkyl halides is 3. The molecule has 0 fully saturated rings. The minimum absolute atomic E-state index is 0.00706. The van der Waals surface area contributed by atoms with Crippen molar-refractivity contribution in [1.82, 2.24) is 0 Å². The van der Waals surface area contributed by atoms with Crippen molar-refractivity contribution in [3.8, 4) is 17.2 Å². The average Bonchev–Trinajstić information content (AvgIpc) is 2.78. The fourth-order valence-electron chi connectivity index (χ4n) is 2.70. The van der Waals surface area contributed by atoms with Crippen LogP contribution >= 0.6 is 11.6 Å². The molecule has 3 aromatic rings. The zero-order valence-electron chi connectivity index (χ0n) is 16.9. The summed E-state index contributed by atoms with van der Waals surface area (Å²) in [6.45, 7) is -0.585. The summed E-state index contributed by atoms with van der Waals surface area (Å²) in [5.74, 6) is -1.05. The van der Waals surface area contributed by atoms with Crippen LogP contribution in [-0.4, -0.2) is 28.1 Å². The third kappa shape index (κ3) is 5.77. The first kappa shape index (κ1) is 24.4. The van der Waals surface area contributed by atoms with E-state index in [1.807, 2.05) is 0 Å². The molecule has 33 heavy (non-hydrogen) atoms. The van der Waals surface area contributed by atoms with Gasteiger partial charge in [0.15, 0.2) is 6.61 Å². The molecule has 174 valence electrons. The summed E-state index contributed by atoms with van der Waals surface area (Å²) in [5.41, 5.74) is -0.953. The van der Waals surface area contributed by atoms with Crippen molar-refractivity contribution in [2.75, 3.05) is 13.7 Å². The van der Waals surface area contributed by atoms with E-state index in [1.165, 1.54) is 30.3 Å². The number of carbonyl (C=O) groups is 1. The van der Waals surface area contributed by atoms with E-state index < -0.39 is 34.2 Å². The summed E-state index contributed by atoms with van der Waals surface area (Å²) < 4.78 is 80.0. The van der Waals surface area contributed by atoms with Crippen LogP contribution in [0, 0.1) is 0 Å². The van der Waals surface area contributed by atoms with Crippen molar-refractivity contribution in [3.05, 3.63) is 77.3 Å². The monoisotopic (exact) mass is 500 g/mol. The fraction of sp³-hybridized carbons (Fsp3) is 0.136. The number of sulfone groups is 1. The molecule has 0 heterocycles. The molecular weight excluding hydrogens is 485 g/mol. The lowest BCUT2D eigenvalue weighted by molar-refractivity contribution is -0.143. The summed E-state index contributed by atoms with van der Waals surface area (Å²) in [4.78, 5) is 11.3. The van der Waals surface area contributed by atoms with Crippen LogP contribution in [0.3, 0.4) is 0 Å². The third-order valence-electron chi connectivity index (χ3n) is 4.32. The zero-order valence-corrected chi connectivity index (χ0v) is 18.5. The lowest BCUT2D eigenvalue weighted by atomic mass is 10.2. The van der Waals surface area contributed by atoms with E-state index in [-0.39, 0.29) is 32.1 Å². The summed E-state index contributed by atoms with van der Waals surface area (Å²) in [7, 11) is -2.89. The molecule has 0 N–H and O–H groups in total. The Hall–Kier alpha value is -3.24. The second-order valence-electron chi connectivity index (χ2n) is 6.53. The van der Waals surface area contributed by atoms with Gasteiger partial charge in [0.25, 0.3) is 0 Å². The molecule has 3 rings (SSSR count). The number of hydrogen-bond acceptors (Lipinski definition) is 6.